The van der Waals surface area contributed by atoms with E-state index in [0.717, 1.165) is 17.1 Å². The number of aryl methyl sites for hydroxylation is 4. The highest BCUT2D eigenvalue weighted by Crippen LogP contribution is 2.16. The van der Waals surface area contributed by atoms with Gasteiger partial charge in [-0.2, -0.15) is 0 Å². The Hall–Kier alpha value is -1.68. The predicted octanol–water partition coefficient (Wildman–Crippen LogP) is 3.32. The molecule has 0 aliphatic rings. The van der Waals surface area contributed by atoms with Crippen molar-refractivity contribution < 1.29 is 4.79 Å². The molecule has 1 N–H and O–H groups in total. The maximum absolute atomic E-state index is 11.8. The van der Waals surface area contributed by atoms with Gasteiger partial charge in [0.25, 0.3) is 0 Å². The molecule has 0 radical (unpaired) electrons. The van der Waals surface area contributed by atoms with Crippen LogP contribution in [-0.2, 0) is 17.8 Å². The van der Waals surface area contributed by atoms with Crippen molar-refractivity contribution in [3.63, 3.8) is 0 Å². The van der Waals surface area contributed by atoms with Crippen molar-refractivity contribution in [3.8, 4) is 0 Å². The van der Waals surface area contributed by atoms with E-state index < -0.39 is 0 Å². The summed E-state index contributed by atoms with van der Waals surface area (Å²) in [4.78, 5) is 17.4. The third kappa shape index (κ3) is 4.17. The average Bonchev–Trinajstić information content (AvgIpc) is 2.75. The highest BCUT2D eigenvalue weighted by atomic mass is 32.1. The Morgan fingerprint density at radius 1 is 1.20 bits per heavy atom. The van der Waals surface area contributed by atoms with Gasteiger partial charge in [-0.3, -0.25) is 4.79 Å². The van der Waals surface area contributed by atoms with Crippen LogP contribution >= 0.6 is 11.3 Å². The number of amides is 1. The van der Waals surface area contributed by atoms with E-state index in [-0.39, 0.29) is 5.91 Å². The molecule has 1 aromatic heterocycles. The maximum atomic E-state index is 11.8. The topological polar surface area (TPSA) is 42.0 Å². The van der Waals surface area contributed by atoms with E-state index in [1.165, 1.54) is 16.0 Å². The van der Waals surface area contributed by atoms with Crippen LogP contribution in [0.3, 0.4) is 0 Å². The normalized spacial score (nSPS) is 10.6. The van der Waals surface area contributed by atoms with Crippen LogP contribution in [0.4, 0.5) is 0 Å². The summed E-state index contributed by atoms with van der Waals surface area (Å²) in [5, 5.41) is 3.91. The van der Waals surface area contributed by atoms with Crippen LogP contribution in [0, 0.1) is 20.8 Å². The first-order valence-corrected chi connectivity index (χ1v) is 7.61. The average molecular weight is 288 g/mol. The molecule has 0 fully saturated rings. The van der Waals surface area contributed by atoms with Gasteiger partial charge in [-0.1, -0.05) is 29.8 Å². The first kappa shape index (κ1) is 14.7. The maximum Gasteiger partial charge on any atom is 0.220 e. The Kier molecular flexibility index (Phi) is 4.90. The molecule has 0 atom stereocenters. The van der Waals surface area contributed by atoms with Crippen molar-refractivity contribution in [3.05, 3.63) is 51.0 Å². The molecule has 0 aliphatic heterocycles. The second-order valence-electron chi connectivity index (χ2n) is 5.01. The van der Waals surface area contributed by atoms with Crippen molar-refractivity contribution in [2.75, 3.05) is 0 Å². The highest BCUT2D eigenvalue weighted by molar-refractivity contribution is 7.11. The monoisotopic (exact) mass is 288 g/mol. The summed E-state index contributed by atoms with van der Waals surface area (Å²) >= 11 is 1.65. The lowest BCUT2D eigenvalue weighted by Gasteiger charge is -2.04. The highest BCUT2D eigenvalue weighted by Gasteiger charge is 2.06. The van der Waals surface area contributed by atoms with Crippen molar-refractivity contribution in [2.24, 2.45) is 0 Å². The largest absolute Gasteiger partial charge is 0.350 e. The molecular weight excluding hydrogens is 268 g/mol. The fourth-order valence-electron chi connectivity index (χ4n) is 1.89. The van der Waals surface area contributed by atoms with E-state index >= 15 is 0 Å². The Labute approximate surface area is 124 Å². The van der Waals surface area contributed by atoms with Crippen molar-refractivity contribution in [1.82, 2.24) is 10.3 Å². The quantitative estimate of drug-likeness (QED) is 0.917. The van der Waals surface area contributed by atoms with E-state index in [4.69, 9.17) is 0 Å². The van der Waals surface area contributed by atoms with Gasteiger partial charge in [-0.25, -0.2) is 4.98 Å². The number of aromatic nitrogens is 1. The summed E-state index contributed by atoms with van der Waals surface area (Å²) in [5.74, 6) is 0.0797. The molecule has 0 bridgehead atoms. The standard InChI is InChI=1S/C16H20N2OS/c1-11-4-6-14(7-5-11)8-9-15(19)17-10-16-18-12(2)13(3)20-16/h4-7H,8-10H2,1-3H3,(H,17,19). The summed E-state index contributed by atoms with van der Waals surface area (Å²) in [6.45, 7) is 6.64. The number of benzene rings is 1. The van der Waals surface area contributed by atoms with Crippen LogP contribution in [0.25, 0.3) is 0 Å². The van der Waals surface area contributed by atoms with E-state index in [9.17, 15) is 4.79 Å². The molecule has 2 rings (SSSR count). The molecule has 2 aromatic rings. The molecule has 106 valence electrons. The molecule has 1 amide bonds. The van der Waals surface area contributed by atoms with Gasteiger partial charge >= 0.3 is 0 Å². The second kappa shape index (κ2) is 6.66. The molecule has 0 unspecified atom stereocenters. The van der Waals surface area contributed by atoms with Crippen LogP contribution in [0.5, 0.6) is 0 Å². The van der Waals surface area contributed by atoms with Crippen LogP contribution < -0.4 is 5.32 Å². The lowest BCUT2D eigenvalue weighted by molar-refractivity contribution is -0.121. The van der Waals surface area contributed by atoms with Gasteiger partial charge in [-0.05, 0) is 32.8 Å². The number of thiazole rings is 1. The smallest absolute Gasteiger partial charge is 0.220 e. The SMILES string of the molecule is Cc1ccc(CCC(=O)NCc2nc(C)c(C)s2)cc1. The van der Waals surface area contributed by atoms with Gasteiger partial charge in [0.1, 0.15) is 5.01 Å². The Bertz CT molecular complexity index is 568. The summed E-state index contributed by atoms with van der Waals surface area (Å²) in [6, 6.07) is 8.31. The molecule has 0 aliphatic carbocycles. The zero-order valence-electron chi connectivity index (χ0n) is 12.2. The fourth-order valence-corrected chi connectivity index (χ4v) is 2.76. The van der Waals surface area contributed by atoms with Crippen molar-refractivity contribution in [2.45, 2.75) is 40.2 Å². The van der Waals surface area contributed by atoms with Crippen LogP contribution in [0.1, 0.15) is 33.1 Å². The van der Waals surface area contributed by atoms with Crippen LogP contribution in [0.15, 0.2) is 24.3 Å². The Morgan fingerprint density at radius 3 is 2.50 bits per heavy atom. The minimum absolute atomic E-state index is 0.0797. The van der Waals surface area contributed by atoms with Gasteiger partial charge in [0.05, 0.1) is 12.2 Å². The van der Waals surface area contributed by atoms with Gasteiger partial charge in [0.15, 0.2) is 0 Å². The predicted molar refractivity (Wildman–Crippen MR) is 82.9 cm³/mol. The first-order chi connectivity index (χ1) is 9.54. The number of carbonyl (C=O) groups excluding carboxylic acids is 1. The van der Waals surface area contributed by atoms with E-state index in [2.05, 4.69) is 48.4 Å². The molecule has 1 heterocycles. The molecular formula is C16H20N2OS. The third-order valence-electron chi connectivity index (χ3n) is 3.27. The van der Waals surface area contributed by atoms with Crippen molar-refractivity contribution in [1.29, 1.82) is 0 Å². The molecule has 0 saturated heterocycles. The number of hydrogen-bond donors (Lipinski definition) is 1. The second-order valence-corrected chi connectivity index (χ2v) is 6.30. The number of rotatable bonds is 5. The molecule has 3 nitrogen and oxygen atoms in total. The molecule has 20 heavy (non-hydrogen) atoms. The van der Waals surface area contributed by atoms with Gasteiger partial charge in [0.2, 0.25) is 5.91 Å². The molecule has 0 spiro atoms. The number of nitrogens with zero attached hydrogens (tertiary/aromatic N) is 1. The Balaban J connectivity index is 1.76. The summed E-state index contributed by atoms with van der Waals surface area (Å²) < 4.78 is 0. The number of nitrogens with one attached hydrogen (secondary N) is 1. The van der Waals surface area contributed by atoms with E-state index in [0.29, 0.717) is 13.0 Å². The summed E-state index contributed by atoms with van der Waals surface area (Å²) in [6.07, 6.45) is 1.30. The van der Waals surface area contributed by atoms with Gasteiger partial charge in [0, 0.05) is 11.3 Å². The van der Waals surface area contributed by atoms with E-state index in [1.807, 2.05) is 6.92 Å². The number of hydrogen-bond acceptors (Lipinski definition) is 3. The molecule has 0 saturated carbocycles. The minimum atomic E-state index is 0.0797. The minimum Gasteiger partial charge on any atom is -0.350 e. The molecule has 1 aromatic carbocycles. The zero-order chi connectivity index (χ0) is 14.5. The van der Waals surface area contributed by atoms with Crippen LogP contribution in [0.2, 0.25) is 0 Å². The van der Waals surface area contributed by atoms with E-state index in [1.54, 1.807) is 11.3 Å². The lowest BCUT2D eigenvalue weighted by atomic mass is 10.1. The zero-order valence-corrected chi connectivity index (χ0v) is 13.0. The first-order valence-electron chi connectivity index (χ1n) is 6.80. The van der Waals surface area contributed by atoms with Gasteiger partial charge in [-0.15, -0.1) is 11.3 Å². The third-order valence-corrected chi connectivity index (χ3v) is 4.34. The van der Waals surface area contributed by atoms with Crippen LogP contribution in [-0.4, -0.2) is 10.9 Å². The molecule has 4 heteroatoms. The van der Waals surface area contributed by atoms with Gasteiger partial charge < -0.3 is 5.32 Å². The Morgan fingerprint density at radius 2 is 1.90 bits per heavy atom. The van der Waals surface area contributed by atoms with Crippen molar-refractivity contribution >= 4 is 17.2 Å². The summed E-state index contributed by atoms with van der Waals surface area (Å²) in [5.41, 5.74) is 3.50. The number of carbonyl (C=O) groups is 1. The lowest BCUT2D eigenvalue weighted by Crippen LogP contribution is -2.22. The summed E-state index contributed by atoms with van der Waals surface area (Å²) in [7, 11) is 0. The fraction of sp³-hybridized carbons (Fsp3) is 0.375.